The molecular formula is C21H24N2O3. The second-order valence-corrected chi connectivity index (χ2v) is 6.92. The molecule has 1 fully saturated rings. The lowest BCUT2D eigenvalue weighted by Gasteiger charge is -2.22. The number of carbonyl (C=O) groups excluding carboxylic acids is 1. The Balaban J connectivity index is 1.55. The van der Waals surface area contributed by atoms with Gasteiger partial charge in [-0.3, -0.25) is 9.69 Å². The fourth-order valence-corrected chi connectivity index (χ4v) is 3.46. The van der Waals surface area contributed by atoms with E-state index < -0.39 is 5.97 Å². The molecule has 2 atom stereocenters. The zero-order chi connectivity index (χ0) is 18.5. The number of carboxylic acids is 1. The molecule has 2 N–H and O–H groups in total. The van der Waals surface area contributed by atoms with E-state index in [1.54, 1.807) is 12.1 Å². The molecule has 1 heterocycles. The molecule has 0 radical (unpaired) electrons. The van der Waals surface area contributed by atoms with Crippen LogP contribution < -0.4 is 5.32 Å². The molecule has 5 nitrogen and oxygen atoms in total. The van der Waals surface area contributed by atoms with Crippen LogP contribution in [0.1, 0.15) is 39.6 Å². The minimum atomic E-state index is -1.03. The van der Waals surface area contributed by atoms with Crippen LogP contribution in [-0.4, -0.2) is 41.0 Å². The third-order valence-electron chi connectivity index (χ3n) is 5.00. The predicted molar refractivity (Wildman–Crippen MR) is 100 cm³/mol. The highest BCUT2D eigenvalue weighted by Gasteiger charge is 2.28. The number of hydrogen-bond donors (Lipinski definition) is 2. The van der Waals surface area contributed by atoms with Crippen molar-refractivity contribution in [2.45, 2.75) is 25.9 Å². The highest BCUT2D eigenvalue weighted by Crippen LogP contribution is 2.22. The lowest BCUT2D eigenvalue weighted by molar-refractivity contribution is 0.0697. The topological polar surface area (TPSA) is 69.6 Å². The normalized spacial score (nSPS) is 18.4. The van der Waals surface area contributed by atoms with Crippen LogP contribution in [0.15, 0.2) is 54.6 Å². The van der Waals surface area contributed by atoms with Crippen LogP contribution >= 0.6 is 0 Å². The first-order valence-electron chi connectivity index (χ1n) is 8.93. The molecule has 0 bridgehead atoms. The molecule has 1 amide bonds. The average Bonchev–Trinajstić information content (AvgIpc) is 3.11. The largest absolute Gasteiger partial charge is 0.478 e. The molecule has 1 aliphatic heterocycles. The monoisotopic (exact) mass is 352 g/mol. The quantitative estimate of drug-likeness (QED) is 0.838. The number of carbonyl (C=O) groups is 2. The maximum atomic E-state index is 12.4. The summed E-state index contributed by atoms with van der Waals surface area (Å²) in [4.78, 5) is 25.9. The summed E-state index contributed by atoms with van der Waals surface area (Å²) in [6, 6.07) is 16.6. The average molecular weight is 352 g/mol. The highest BCUT2D eigenvalue weighted by molar-refractivity contribution is 5.97. The molecule has 2 aromatic carbocycles. The predicted octanol–water partition coefficient (Wildman–Crippen LogP) is 3.03. The molecule has 136 valence electrons. The molecule has 2 unspecified atom stereocenters. The third-order valence-corrected chi connectivity index (χ3v) is 5.00. The zero-order valence-corrected chi connectivity index (χ0v) is 14.9. The van der Waals surface area contributed by atoms with E-state index in [-0.39, 0.29) is 17.5 Å². The molecule has 0 aliphatic carbocycles. The van der Waals surface area contributed by atoms with E-state index in [0.717, 1.165) is 26.1 Å². The second kappa shape index (κ2) is 8.15. The van der Waals surface area contributed by atoms with Crippen molar-refractivity contribution in [3.8, 4) is 0 Å². The zero-order valence-electron chi connectivity index (χ0n) is 14.9. The van der Waals surface area contributed by atoms with Crippen LogP contribution in [0.2, 0.25) is 0 Å². The van der Waals surface area contributed by atoms with Gasteiger partial charge in [0.05, 0.1) is 5.56 Å². The summed E-state index contributed by atoms with van der Waals surface area (Å²) in [5, 5.41) is 12.1. The van der Waals surface area contributed by atoms with Crippen LogP contribution in [0.25, 0.3) is 0 Å². The Hall–Kier alpha value is -2.66. The van der Waals surface area contributed by atoms with Gasteiger partial charge in [-0.1, -0.05) is 36.4 Å². The number of nitrogens with zero attached hydrogens (tertiary/aromatic N) is 1. The maximum absolute atomic E-state index is 12.4. The molecule has 0 aromatic heterocycles. The van der Waals surface area contributed by atoms with Crippen molar-refractivity contribution >= 4 is 11.9 Å². The van der Waals surface area contributed by atoms with Gasteiger partial charge < -0.3 is 10.4 Å². The first-order valence-corrected chi connectivity index (χ1v) is 8.93. The fourth-order valence-electron chi connectivity index (χ4n) is 3.46. The van der Waals surface area contributed by atoms with E-state index in [0.29, 0.717) is 11.5 Å². The summed E-state index contributed by atoms with van der Waals surface area (Å²) in [7, 11) is 0. The third kappa shape index (κ3) is 4.49. The molecule has 0 saturated carbocycles. The Morgan fingerprint density at radius 2 is 1.88 bits per heavy atom. The first-order chi connectivity index (χ1) is 12.5. The molecule has 2 aromatic rings. The van der Waals surface area contributed by atoms with Gasteiger partial charge in [0.1, 0.15) is 0 Å². The summed E-state index contributed by atoms with van der Waals surface area (Å²) in [5.41, 5.74) is 1.81. The molecule has 0 spiro atoms. The number of nitrogens with one attached hydrogen (secondary N) is 1. The summed E-state index contributed by atoms with van der Waals surface area (Å²) in [6.07, 6.45) is 1.05. The van der Waals surface area contributed by atoms with E-state index in [1.807, 2.05) is 13.0 Å². The molecule has 26 heavy (non-hydrogen) atoms. The van der Waals surface area contributed by atoms with E-state index in [1.165, 1.54) is 17.7 Å². The van der Waals surface area contributed by atoms with Gasteiger partial charge in [0.2, 0.25) is 0 Å². The van der Waals surface area contributed by atoms with Crippen molar-refractivity contribution in [2.24, 2.45) is 5.92 Å². The summed E-state index contributed by atoms with van der Waals surface area (Å²) in [5.74, 6) is -0.854. The summed E-state index contributed by atoms with van der Waals surface area (Å²) >= 11 is 0. The Morgan fingerprint density at radius 1 is 1.15 bits per heavy atom. The SMILES string of the molecule is CC(NC(=O)c1cccc(C(=O)O)c1)C1CCN(Cc2ccccc2)C1. The molecule has 3 rings (SSSR count). The number of rotatable bonds is 6. The van der Waals surface area contributed by atoms with E-state index in [9.17, 15) is 9.59 Å². The Labute approximate surface area is 153 Å². The molecular weight excluding hydrogens is 328 g/mol. The van der Waals surface area contributed by atoms with Gasteiger partial charge in [-0.25, -0.2) is 4.79 Å². The Morgan fingerprint density at radius 3 is 2.62 bits per heavy atom. The van der Waals surface area contributed by atoms with Gasteiger partial charge in [0, 0.05) is 24.7 Å². The van der Waals surface area contributed by atoms with Gasteiger partial charge in [-0.05, 0) is 49.6 Å². The van der Waals surface area contributed by atoms with Gasteiger partial charge >= 0.3 is 5.97 Å². The minimum absolute atomic E-state index is 0.0387. The number of carboxylic acid groups (broad SMARTS) is 1. The van der Waals surface area contributed by atoms with Crippen LogP contribution in [-0.2, 0) is 6.54 Å². The molecule has 5 heteroatoms. The molecule has 1 aliphatic rings. The number of hydrogen-bond acceptors (Lipinski definition) is 3. The van der Waals surface area contributed by atoms with E-state index >= 15 is 0 Å². The maximum Gasteiger partial charge on any atom is 0.335 e. The van der Waals surface area contributed by atoms with Gasteiger partial charge in [-0.15, -0.1) is 0 Å². The summed E-state index contributed by atoms with van der Waals surface area (Å²) < 4.78 is 0. The van der Waals surface area contributed by atoms with Crippen molar-refractivity contribution in [3.63, 3.8) is 0 Å². The number of benzene rings is 2. The van der Waals surface area contributed by atoms with Gasteiger partial charge in [-0.2, -0.15) is 0 Å². The first kappa shape index (κ1) is 18.1. The smallest absolute Gasteiger partial charge is 0.335 e. The van der Waals surface area contributed by atoms with Gasteiger partial charge in [0.25, 0.3) is 5.91 Å². The highest BCUT2D eigenvalue weighted by atomic mass is 16.4. The van der Waals surface area contributed by atoms with Crippen LogP contribution in [0.5, 0.6) is 0 Å². The van der Waals surface area contributed by atoms with Crippen molar-refractivity contribution in [1.82, 2.24) is 10.2 Å². The minimum Gasteiger partial charge on any atom is -0.478 e. The van der Waals surface area contributed by atoms with Crippen molar-refractivity contribution < 1.29 is 14.7 Å². The van der Waals surface area contributed by atoms with Crippen LogP contribution in [0.4, 0.5) is 0 Å². The number of likely N-dealkylation sites (tertiary alicyclic amines) is 1. The summed E-state index contributed by atoms with van der Waals surface area (Å²) in [6.45, 7) is 4.92. The van der Waals surface area contributed by atoms with Crippen LogP contribution in [0, 0.1) is 5.92 Å². The van der Waals surface area contributed by atoms with Crippen molar-refractivity contribution in [3.05, 3.63) is 71.3 Å². The van der Waals surface area contributed by atoms with E-state index in [4.69, 9.17) is 5.11 Å². The standard InChI is InChI=1S/C21H24N2O3/c1-15(22-20(24)17-8-5-9-18(12-17)21(25)26)19-10-11-23(14-19)13-16-6-3-2-4-7-16/h2-9,12,15,19H,10-11,13-14H2,1H3,(H,22,24)(H,25,26). The van der Waals surface area contributed by atoms with Crippen molar-refractivity contribution in [1.29, 1.82) is 0 Å². The van der Waals surface area contributed by atoms with Crippen molar-refractivity contribution in [2.75, 3.05) is 13.1 Å². The fraction of sp³-hybridized carbons (Fsp3) is 0.333. The lowest BCUT2D eigenvalue weighted by atomic mass is 10.00. The number of amides is 1. The lowest BCUT2D eigenvalue weighted by Crippen LogP contribution is -2.39. The number of aromatic carboxylic acids is 1. The Bertz CT molecular complexity index is 776. The Kier molecular flexibility index (Phi) is 5.68. The van der Waals surface area contributed by atoms with Crippen LogP contribution in [0.3, 0.4) is 0 Å². The van der Waals surface area contributed by atoms with E-state index in [2.05, 4.69) is 34.5 Å². The van der Waals surface area contributed by atoms with Gasteiger partial charge in [0.15, 0.2) is 0 Å². The second-order valence-electron chi connectivity index (χ2n) is 6.92. The molecule has 1 saturated heterocycles.